The molecule has 0 radical (unpaired) electrons. The third-order valence-corrected chi connectivity index (χ3v) is 3.91. The van der Waals surface area contributed by atoms with Crippen LogP contribution in [-0.4, -0.2) is 14.2 Å². The Kier molecular flexibility index (Phi) is 3.51. The van der Waals surface area contributed by atoms with Crippen LogP contribution in [0.5, 0.6) is 11.5 Å². The van der Waals surface area contributed by atoms with Crippen molar-refractivity contribution in [3.8, 4) is 21.9 Å². The minimum Gasteiger partial charge on any atom is -0.493 e. The second-order valence-electron chi connectivity index (χ2n) is 3.17. The molecule has 0 aliphatic rings. The van der Waals surface area contributed by atoms with E-state index < -0.39 is 0 Å². The summed E-state index contributed by atoms with van der Waals surface area (Å²) in [7, 11) is 3.28. The first kappa shape index (κ1) is 11.5. The lowest BCUT2D eigenvalue weighted by Crippen LogP contribution is -1.90. The third-order valence-electron chi connectivity index (χ3n) is 2.24. The Morgan fingerprint density at radius 1 is 1.00 bits per heavy atom. The van der Waals surface area contributed by atoms with Crippen LogP contribution >= 0.6 is 27.3 Å². The van der Waals surface area contributed by atoms with E-state index in [0.29, 0.717) is 0 Å². The van der Waals surface area contributed by atoms with Crippen molar-refractivity contribution in [1.29, 1.82) is 0 Å². The number of rotatable bonds is 3. The predicted octanol–water partition coefficient (Wildman–Crippen LogP) is 4.19. The van der Waals surface area contributed by atoms with Gasteiger partial charge in [0.15, 0.2) is 11.5 Å². The van der Waals surface area contributed by atoms with Crippen molar-refractivity contribution in [1.82, 2.24) is 0 Å². The molecule has 0 atom stereocenters. The summed E-state index contributed by atoms with van der Waals surface area (Å²) in [5.74, 6) is 1.51. The summed E-state index contributed by atoms with van der Waals surface area (Å²) < 4.78 is 11.6. The number of thiophene rings is 1. The number of ether oxygens (including phenoxy) is 2. The van der Waals surface area contributed by atoms with Crippen molar-refractivity contribution in [3.63, 3.8) is 0 Å². The zero-order valence-corrected chi connectivity index (χ0v) is 11.4. The topological polar surface area (TPSA) is 18.5 Å². The fraction of sp³-hybridized carbons (Fsp3) is 0.167. The lowest BCUT2D eigenvalue weighted by Gasteiger charge is -2.08. The number of methoxy groups -OCH3 is 2. The molecule has 1 heterocycles. The standard InChI is InChI=1S/C12H11BrO2S/c1-14-9-4-3-8(7-10(9)15-2)11-5-6-12(13)16-11/h3-7H,1-2H3. The molecule has 0 N–H and O–H groups in total. The quantitative estimate of drug-likeness (QED) is 0.846. The van der Waals surface area contributed by atoms with Gasteiger partial charge in [-0.05, 0) is 51.8 Å². The van der Waals surface area contributed by atoms with Crippen LogP contribution in [0.25, 0.3) is 10.4 Å². The average molecular weight is 299 g/mol. The Morgan fingerprint density at radius 2 is 1.75 bits per heavy atom. The molecule has 0 spiro atoms. The maximum absolute atomic E-state index is 5.27. The fourth-order valence-electron chi connectivity index (χ4n) is 1.46. The van der Waals surface area contributed by atoms with Crippen molar-refractivity contribution in [2.24, 2.45) is 0 Å². The van der Waals surface area contributed by atoms with Crippen molar-refractivity contribution in [2.45, 2.75) is 0 Å². The molecule has 0 aliphatic carbocycles. The van der Waals surface area contributed by atoms with E-state index in [1.807, 2.05) is 24.3 Å². The van der Waals surface area contributed by atoms with E-state index in [0.717, 1.165) is 20.8 Å². The molecule has 2 rings (SSSR count). The molecule has 0 fully saturated rings. The van der Waals surface area contributed by atoms with Gasteiger partial charge < -0.3 is 9.47 Å². The van der Waals surface area contributed by atoms with Crippen molar-refractivity contribution >= 4 is 27.3 Å². The lowest BCUT2D eigenvalue weighted by molar-refractivity contribution is 0.355. The van der Waals surface area contributed by atoms with Gasteiger partial charge in [0.05, 0.1) is 18.0 Å². The van der Waals surface area contributed by atoms with Gasteiger partial charge in [-0.15, -0.1) is 11.3 Å². The van der Waals surface area contributed by atoms with Crippen LogP contribution in [0, 0.1) is 0 Å². The van der Waals surface area contributed by atoms with E-state index >= 15 is 0 Å². The molecule has 0 amide bonds. The van der Waals surface area contributed by atoms with Gasteiger partial charge in [-0.25, -0.2) is 0 Å². The van der Waals surface area contributed by atoms with Crippen LogP contribution in [0.2, 0.25) is 0 Å². The minimum absolute atomic E-state index is 0.752. The van der Waals surface area contributed by atoms with Gasteiger partial charge >= 0.3 is 0 Å². The number of benzene rings is 1. The summed E-state index contributed by atoms with van der Waals surface area (Å²) in [4.78, 5) is 1.20. The predicted molar refractivity (Wildman–Crippen MR) is 70.6 cm³/mol. The minimum atomic E-state index is 0.752. The van der Waals surface area contributed by atoms with Gasteiger partial charge in [0.1, 0.15) is 0 Å². The molecular weight excluding hydrogens is 288 g/mol. The maximum atomic E-state index is 5.27. The maximum Gasteiger partial charge on any atom is 0.161 e. The zero-order chi connectivity index (χ0) is 11.5. The van der Waals surface area contributed by atoms with Crippen molar-refractivity contribution in [3.05, 3.63) is 34.1 Å². The highest BCUT2D eigenvalue weighted by Gasteiger charge is 2.07. The van der Waals surface area contributed by atoms with E-state index in [2.05, 4.69) is 22.0 Å². The molecule has 0 saturated carbocycles. The molecule has 0 aliphatic heterocycles. The van der Waals surface area contributed by atoms with Crippen molar-refractivity contribution in [2.75, 3.05) is 14.2 Å². The smallest absolute Gasteiger partial charge is 0.161 e. The zero-order valence-electron chi connectivity index (χ0n) is 8.99. The first-order chi connectivity index (χ1) is 7.74. The van der Waals surface area contributed by atoms with E-state index in [9.17, 15) is 0 Å². The molecule has 84 valence electrons. The van der Waals surface area contributed by atoms with Crippen LogP contribution in [0.4, 0.5) is 0 Å². The number of hydrogen-bond donors (Lipinski definition) is 0. The summed E-state index contributed by atoms with van der Waals surface area (Å²) in [5, 5.41) is 0. The molecule has 2 aromatic rings. The van der Waals surface area contributed by atoms with Crippen LogP contribution in [-0.2, 0) is 0 Å². The molecule has 2 nitrogen and oxygen atoms in total. The number of hydrogen-bond acceptors (Lipinski definition) is 3. The molecular formula is C12H11BrO2S. The Labute approximate surface area is 107 Å². The summed E-state index contributed by atoms with van der Waals surface area (Å²) in [5.41, 5.74) is 1.13. The first-order valence-electron chi connectivity index (χ1n) is 4.72. The van der Waals surface area contributed by atoms with Crippen LogP contribution in [0.3, 0.4) is 0 Å². The highest BCUT2D eigenvalue weighted by Crippen LogP contribution is 2.36. The molecule has 16 heavy (non-hydrogen) atoms. The lowest BCUT2D eigenvalue weighted by atomic mass is 10.1. The van der Waals surface area contributed by atoms with E-state index in [1.165, 1.54) is 4.88 Å². The van der Waals surface area contributed by atoms with Gasteiger partial charge in [0, 0.05) is 4.88 Å². The van der Waals surface area contributed by atoms with Gasteiger partial charge in [0.2, 0.25) is 0 Å². The fourth-order valence-corrected chi connectivity index (χ4v) is 2.84. The molecule has 0 unspecified atom stereocenters. The summed E-state index contributed by atoms with van der Waals surface area (Å²) in [6.07, 6.45) is 0. The molecule has 4 heteroatoms. The second kappa shape index (κ2) is 4.89. The summed E-state index contributed by atoms with van der Waals surface area (Å²) >= 11 is 5.15. The monoisotopic (exact) mass is 298 g/mol. The molecule has 1 aromatic carbocycles. The molecule has 1 aromatic heterocycles. The third kappa shape index (κ3) is 2.23. The van der Waals surface area contributed by atoms with Gasteiger partial charge in [-0.2, -0.15) is 0 Å². The second-order valence-corrected chi connectivity index (χ2v) is 5.64. The SMILES string of the molecule is COc1ccc(-c2ccc(Br)s2)cc1OC. The van der Waals surface area contributed by atoms with Crippen LogP contribution in [0.1, 0.15) is 0 Å². The van der Waals surface area contributed by atoms with Crippen molar-refractivity contribution < 1.29 is 9.47 Å². The normalized spacial score (nSPS) is 10.2. The van der Waals surface area contributed by atoms with E-state index in [4.69, 9.17) is 9.47 Å². The summed E-state index contributed by atoms with van der Waals surface area (Å²) in [6.45, 7) is 0. The first-order valence-corrected chi connectivity index (χ1v) is 6.33. The highest BCUT2D eigenvalue weighted by atomic mass is 79.9. The van der Waals surface area contributed by atoms with E-state index in [1.54, 1.807) is 25.6 Å². The highest BCUT2D eigenvalue weighted by molar-refractivity contribution is 9.11. The largest absolute Gasteiger partial charge is 0.493 e. The van der Waals surface area contributed by atoms with Crippen LogP contribution < -0.4 is 9.47 Å². The molecule has 0 bridgehead atoms. The Balaban J connectivity index is 2.43. The Bertz CT molecular complexity index is 494. The number of halogens is 1. The molecule has 0 saturated heterocycles. The van der Waals surface area contributed by atoms with Gasteiger partial charge in [-0.1, -0.05) is 0 Å². The average Bonchev–Trinajstić information content (AvgIpc) is 2.75. The Morgan fingerprint density at radius 3 is 2.31 bits per heavy atom. The Hall–Kier alpha value is -1.00. The van der Waals surface area contributed by atoms with Gasteiger partial charge in [0.25, 0.3) is 0 Å². The van der Waals surface area contributed by atoms with Crippen LogP contribution in [0.15, 0.2) is 34.1 Å². The van der Waals surface area contributed by atoms with E-state index in [-0.39, 0.29) is 0 Å². The summed E-state index contributed by atoms with van der Waals surface area (Å²) in [6, 6.07) is 10.0. The van der Waals surface area contributed by atoms with Gasteiger partial charge in [-0.3, -0.25) is 0 Å².